The number of aromatic carboxylic acids is 1. The number of carboxylic acid groups (broad SMARTS) is 1. The molecular formula is C11H9BrN2O3S. The first-order valence-electron chi connectivity index (χ1n) is 5.01. The summed E-state index contributed by atoms with van der Waals surface area (Å²) >= 11 is 4.66. The van der Waals surface area contributed by atoms with Crippen molar-refractivity contribution in [3.63, 3.8) is 0 Å². The van der Waals surface area contributed by atoms with Gasteiger partial charge in [-0.25, -0.2) is 4.79 Å². The third kappa shape index (κ3) is 3.11. The lowest BCUT2D eigenvalue weighted by Crippen LogP contribution is -1.97. The van der Waals surface area contributed by atoms with Crippen LogP contribution in [0.15, 0.2) is 32.1 Å². The maximum Gasteiger partial charge on any atom is 0.336 e. The number of nitrogens with zero attached hydrogens (tertiary/aromatic N) is 2. The molecule has 2 aromatic rings. The Morgan fingerprint density at radius 3 is 2.94 bits per heavy atom. The van der Waals surface area contributed by atoms with Crippen molar-refractivity contribution in [3.8, 4) is 0 Å². The van der Waals surface area contributed by atoms with Crippen LogP contribution >= 0.6 is 27.7 Å². The van der Waals surface area contributed by atoms with E-state index in [2.05, 4.69) is 26.1 Å². The van der Waals surface area contributed by atoms with Crippen molar-refractivity contribution in [2.45, 2.75) is 17.6 Å². The van der Waals surface area contributed by atoms with Crippen molar-refractivity contribution in [3.05, 3.63) is 40.0 Å². The molecule has 0 aliphatic carbocycles. The number of halogens is 1. The monoisotopic (exact) mass is 328 g/mol. The van der Waals surface area contributed by atoms with Crippen LogP contribution in [-0.4, -0.2) is 21.2 Å². The number of thioether (sulfide) groups is 1. The zero-order chi connectivity index (χ0) is 13.1. The maximum atomic E-state index is 11.0. The van der Waals surface area contributed by atoms with Crippen LogP contribution in [0.1, 0.15) is 22.1 Å². The first kappa shape index (κ1) is 13.1. The summed E-state index contributed by atoms with van der Waals surface area (Å²) in [5.74, 6) is 0.697. The third-order valence-electron chi connectivity index (χ3n) is 2.11. The van der Waals surface area contributed by atoms with Gasteiger partial charge in [0.2, 0.25) is 5.89 Å². The summed E-state index contributed by atoms with van der Waals surface area (Å²) in [6.45, 7) is 1.73. The number of aryl methyl sites for hydroxylation is 1. The smallest absolute Gasteiger partial charge is 0.336 e. The Morgan fingerprint density at radius 1 is 1.56 bits per heavy atom. The van der Waals surface area contributed by atoms with Crippen LogP contribution in [0.5, 0.6) is 0 Å². The van der Waals surface area contributed by atoms with Gasteiger partial charge in [0.1, 0.15) is 0 Å². The summed E-state index contributed by atoms with van der Waals surface area (Å²) in [6.07, 6.45) is 0. The van der Waals surface area contributed by atoms with Crippen molar-refractivity contribution in [1.82, 2.24) is 10.1 Å². The number of benzene rings is 1. The summed E-state index contributed by atoms with van der Waals surface area (Å²) in [6, 6.07) is 5.17. The molecule has 0 aliphatic rings. The second-order valence-corrected chi connectivity index (χ2v) is 5.37. The molecule has 1 aromatic heterocycles. The second-order valence-electron chi connectivity index (χ2n) is 3.47. The molecule has 18 heavy (non-hydrogen) atoms. The topological polar surface area (TPSA) is 76.2 Å². The van der Waals surface area contributed by atoms with E-state index in [4.69, 9.17) is 9.63 Å². The summed E-state index contributed by atoms with van der Waals surface area (Å²) < 4.78 is 5.42. The molecule has 0 saturated heterocycles. The normalized spacial score (nSPS) is 10.6. The molecule has 0 bridgehead atoms. The molecule has 0 amide bonds. The average molecular weight is 329 g/mol. The molecule has 7 heteroatoms. The number of rotatable bonds is 4. The number of aromatic nitrogens is 2. The van der Waals surface area contributed by atoms with Gasteiger partial charge in [-0.2, -0.15) is 4.98 Å². The molecule has 0 aliphatic heterocycles. The van der Waals surface area contributed by atoms with E-state index in [1.54, 1.807) is 19.1 Å². The van der Waals surface area contributed by atoms with Gasteiger partial charge in [0.05, 0.1) is 11.3 Å². The predicted octanol–water partition coefficient (Wildman–Crippen LogP) is 3.13. The number of carbonyl (C=O) groups is 1. The van der Waals surface area contributed by atoms with Gasteiger partial charge in [0.25, 0.3) is 0 Å². The van der Waals surface area contributed by atoms with E-state index >= 15 is 0 Å². The molecule has 1 N–H and O–H groups in total. The standard InChI is InChI=1S/C11H9BrN2O3S/c1-6-13-10(14-17-6)5-18-7-2-3-9(12)8(4-7)11(15)16/h2-4H,5H2,1H3,(H,15,16). The van der Waals surface area contributed by atoms with Crippen LogP contribution in [0.3, 0.4) is 0 Å². The zero-order valence-corrected chi connectivity index (χ0v) is 11.8. The number of hydrogen-bond donors (Lipinski definition) is 1. The largest absolute Gasteiger partial charge is 0.478 e. The average Bonchev–Trinajstić information content (AvgIpc) is 2.74. The summed E-state index contributed by atoms with van der Waals surface area (Å²) in [4.78, 5) is 15.9. The molecule has 5 nitrogen and oxygen atoms in total. The van der Waals surface area contributed by atoms with Crippen molar-refractivity contribution >= 4 is 33.7 Å². The highest BCUT2D eigenvalue weighted by Crippen LogP contribution is 2.26. The van der Waals surface area contributed by atoms with Gasteiger partial charge in [-0.15, -0.1) is 11.8 Å². The fraction of sp³-hybridized carbons (Fsp3) is 0.182. The first-order valence-corrected chi connectivity index (χ1v) is 6.79. The molecule has 0 atom stereocenters. The quantitative estimate of drug-likeness (QED) is 0.869. The number of carboxylic acids is 1. The summed E-state index contributed by atoms with van der Waals surface area (Å²) in [5.41, 5.74) is 0.240. The molecule has 0 fully saturated rings. The SMILES string of the molecule is Cc1nc(CSc2ccc(Br)c(C(=O)O)c2)no1. The van der Waals surface area contributed by atoms with Crippen molar-refractivity contribution in [1.29, 1.82) is 0 Å². The van der Waals surface area contributed by atoms with E-state index in [0.29, 0.717) is 21.9 Å². The van der Waals surface area contributed by atoms with E-state index in [1.165, 1.54) is 11.8 Å². The molecular weight excluding hydrogens is 320 g/mol. The minimum Gasteiger partial charge on any atom is -0.478 e. The zero-order valence-electron chi connectivity index (χ0n) is 9.38. The van der Waals surface area contributed by atoms with Gasteiger partial charge in [-0.05, 0) is 34.1 Å². The van der Waals surface area contributed by atoms with Gasteiger partial charge in [-0.1, -0.05) is 5.16 Å². The Morgan fingerprint density at radius 2 is 2.33 bits per heavy atom. The van der Waals surface area contributed by atoms with Crippen LogP contribution in [0.2, 0.25) is 0 Å². The Bertz CT molecular complexity index is 585. The van der Waals surface area contributed by atoms with Crippen LogP contribution < -0.4 is 0 Å². The van der Waals surface area contributed by atoms with Gasteiger partial charge in [0, 0.05) is 16.3 Å². The lowest BCUT2D eigenvalue weighted by molar-refractivity contribution is 0.0695. The Kier molecular flexibility index (Phi) is 4.03. The number of hydrogen-bond acceptors (Lipinski definition) is 5. The fourth-order valence-electron chi connectivity index (χ4n) is 1.31. The van der Waals surface area contributed by atoms with E-state index in [1.807, 2.05) is 6.07 Å². The highest BCUT2D eigenvalue weighted by molar-refractivity contribution is 9.10. The van der Waals surface area contributed by atoms with E-state index < -0.39 is 5.97 Å². The van der Waals surface area contributed by atoms with E-state index in [0.717, 1.165) is 4.90 Å². The van der Waals surface area contributed by atoms with Crippen LogP contribution in [0.25, 0.3) is 0 Å². The third-order valence-corrected chi connectivity index (χ3v) is 3.79. The summed E-state index contributed by atoms with van der Waals surface area (Å²) in [7, 11) is 0. The van der Waals surface area contributed by atoms with Gasteiger partial charge in [-0.3, -0.25) is 0 Å². The van der Waals surface area contributed by atoms with E-state index in [-0.39, 0.29) is 5.56 Å². The first-order chi connectivity index (χ1) is 8.56. The highest BCUT2D eigenvalue weighted by Gasteiger charge is 2.10. The highest BCUT2D eigenvalue weighted by atomic mass is 79.9. The molecule has 1 aromatic carbocycles. The Labute approximate surface area is 116 Å². The molecule has 1 heterocycles. The van der Waals surface area contributed by atoms with Crippen LogP contribution in [0, 0.1) is 6.92 Å². The summed E-state index contributed by atoms with van der Waals surface area (Å²) in [5, 5.41) is 12.8. The molecule has 2 rings (SSSR count). The maximum absolute atomic E-state index is 11.0. The van der Waals surface area contributed by atoms with Crippen molar-refractivity contribution < 1.29 is 14.4 Å². The minimum atomic E-state index is -0.959. The molecule has 94 valence electrons. The molecule has 0 radical (unpaired) electrons. The van der Waals surface area contributed by atoms with Gasteiger partial charge in [0.15, 0.2) is 5.82 Å². The van der Waals surface area contributed by atoms with Crippen molar-refractivity contribution in [2.24, 2.45) is 0 Å². The second kappa shape index (κ2) is 5.53. The Hall–Kier alpha value is -1.34. The van der Waals surface area contributed by atoms with E-state index in [9.17, 15) is 4.79 Å². The fourth-order valence-corrected chi connectivity index (χ4v) is 2.50. The van der Waals surface area contributed by atoms with Crippen LogP contribution in [-0.2, 0) is 5.75 Å². The lowest BCUT2D eigenvalue weighted by atomic mass is 10.2. The van der Waals surface area contributed by atoms with Gasteiger partial charge >= 0.3 is 5.97 Å². The van der Waals surface area contributed by atoms with Crippen LogP contribution in [0.4, 0.5) is 0 Å². The minimum absolute atomic E-state index is 0.240. The molecule has 0 spiro atoms. The van der Waals surface area contributed by atoms with Gasteiger partial charge < -0.3 is 9.63 Å². The molecule has 0 saturated carbocycles. The predicted molar refractivity (Wildman–Crippen MR) is 69.7 cm³/mol. The lowest BCUT2D eigenvalue weighted by Gasteiger charge is -2.02. The molecule has 0 unspecified atom stereocenters. The van der Waals surface area contributed by atoms with Crippen molar-refractivity contribution in [2.75, 3.05) is 0 Å². The Balaban J connectivity index is 2.10.